The lowest BCUT2D eigenvalue weighted by Gasteiger charge is -2.42. The lowest BCUT2D eigenvalue weighted by molar-refractivity contribution is -0.294. The number of ether oxygens (including phenoxy) is 4. The highest BCUT2D eigenvalue weighted by Crippen LogP contribution is 2.28. The maximum atomic E-state index is 13.1. The zero-order valence-corrected chi connectivity index (χ0v) is 20.4. The summed E-state index contributed by atoms with van der Waals surface area (Å²) < 4.78 is 23.3. The fraction of sp³-hybridized carbons (Fsp3) is 0.250. The molecule has 0 aliphatic carbocycles. The van der Waals surface area contributed by atoms with Crippen LogP contribution in [0.1, 0.15) is 31.1 Å². The molecule has 1 aliphatic heterocycles. The van der Waals surface area contributed by atoms with Gasteiger partial charge in [0.05, 0.1) is 30.4 Å². The van der Waals surface area contributed by atoms with Gasteiger partial charge in [-0.1, -0.05) is 54.6 Å². The fourth-order valence-electron chi connectivity index (χ4n) is 3.85. The predicted molar refractivity (Wildman–Crippen MR) is 131 cm³/mol. The van der Waals surface area contributed by atoms with Gasteiger partial charge in [-0.25, -0.2) is 14.4 Å². The molecule has 0 spiro atoms. The molecule has 4 rings (SSSR count). The Kier molecular flexibility index (Phi) is 8.63. The van der Waals surface area contributed by atoms with Crippen molar-refractivity contribution in [1.82, 2.24) is 5.06 Å². The largest absolute Gasteiger partial charge is 0.452 e. The number of carbonyl (C=O) groups is 3. The quantitative estimate of drug-likeness (QED) is 0.259. The summed E-state index contributed by atoms with van der Waals surface area (Å²) >= 11 is 0. The van der Waals surface area contributed by atoms with Gasteiger partial charge in [0.15, 0.2) is 24.5 Å². The molecular formula is C28H27NO8. The molecule has 37 heavy (non-hydrogen) atoms. The van der Waals surface area contributed by atoms with Crippen LogP contribution in [-0.4, -0.2) is 68.3 Å². The summed E-state index contributed by atoms with van der Waals surface area (Å²) in [6, 6.07) is 25.1. The molecule has 0 aromatic heterocycles. The molecule has 1 saturated heterocycles. The summed E-state index contributed by atoms with van der Waals surface area (Å²) in [7, 11) is 3.01. The topological polar surface area (TPSA) is 101 Å². The van der Waals surface area contributed by atoms with E-state index in [4.69, 9.17) is 23.8 Å². The molecule has 0 radical (unpaired) electrons. The second-order valence-corrected chi connectivity index (χ2v) is 8.23. The summed E-state index contributed by atoms with van der Waals surface area (Å²) in [5.74, 6) is -1.98. The van der Waals surface area contributed by atoms with Crippen molar-refractivity contribution < 1.29 is 38.2 Å². The molecular weight excluding hydrogens is 478 g/mol. The first-order valence-electron chi connectivity index (χ1n) is 11.6. The van der Waals surface area contributed by atoms with Crippen molar-refractivity contribution in [3.8, 4) is 0 Å². The summed E-state index contributed by atoms with van der Waals surface area (Å²) in [5, 5.41) is 1.33. The number of esters is 3. The molecule has 4 atom stereocenters. The molecule has 0 N–H and O–H groups in total. The summed E-state index contributed by atoms with van der Waals surface area (Å²) in [6.45, 7) is -0.136. The highest BCUT2D eigenvalue weighted by Gasteiger charge is 2.49. The molecule has 3 aromatic rings. The molecule has 1 heterocycles. The zero-order valence-electron chi connectivity index (χ0n) is 20.4. The van der Waals surface area contributed by atoms with Crippen molar-refractivity contribution in [3.05, 3.63) is 108 Å². The third-order valence-electron chi connectivity index (χ3n) is 5.82. The summed E-state index contributed by atoms with van der Waals surface area (Å²) in [4.78, 5) is 44.3. The number of hydrogen-bond acceptors (Lipinski definition) is 9. The van der Waals surface area contributed by atoms with E-state index in [1.165, 1.54) is 12.2 Å². The van der Waals surface area contributed by atoms with Crippen LogP contribution < -0.4 is 0 Å². The molecule has 0 amide bonds. The zero-order chi connectivity index (χ0) is 26.2. The molecule has 0 bridgehead atoms. The lowest BCUT2D eigenvalue weighted by Crippen LogP contribution is -2.61. The number of carbonyl (C=O) groups excluding carboxylic acids is 3. The third kappa shape index (κ3) is 6.39. The van der Waals surface area contributed by atoms with E-state index in [0.717, 1.165) is 0 Å². The number of nitrogens with zero attached hydrogens (tertiary/aromatic N) is 1. The minimum absolute atomic E-state index is 0.136. The van der Waals surface area contributed by atoms with E-state index in [1.807, 2.05) is 0 Å². The normalized spacial score (nSPS) is 21.2. The molecule has 9 heteroatoms. The fourth-order valence-corrected chi connectivity index (χ4v) is 3.85. The van der Waals surface area contributed by atoms with Crippen LogP contribution in [0.3, 0.4) is 0 Å². The molecule has 192 valence electrons. The van der Waals surface area contributed by atoms with Gasteiger partial charge in [0, 0.05) is 7.05 Å². The van der Waals surface area contributed by atoms with Crippen LogP contribution in [0, 0.1) is 0 Å². The van der Waals surface area contributed by atoms with Crippen LogP contribution in [0.5, 0.6) is 0 Å². The Balaban J connectivity index is 1.66. The van der Waals surface area contributed by atoms with Crippen LogP contribution in [0.2, 0.25) is 0 Å². The molecule has 0 saturated carbocycles. The molecule has 1 aliphatic rings. The second-order valence-electron chi connectivity index (χ2n) is 8.23. The van der Waals surface area contributed by atoms with E-state index >= 15 is 0 Å². The van der Waals surface area contributed by atoms with Gasteiger partial charge in [-0.05, 0) is 36.4 Å². The highest BCUT2D eigenvalue weighted by atomic mass is 16.7. The van der Waals surface area contributed by atoms with E-state index in [9.17, 15) is 14.4 Å². The number of hydroxylamine groups is 2. The number of rotatable bonds is 8. The van der Waals surface area contributed by atoms with Crippen molar-refractivity contribution in [1.29, 1.82) is 0 Å². The maximum Gasteiger partial charge on any atom is 0.338 e. The van der Waals surface area contributed by atoms with Crippen LogP contribution in [0.15, 0.2) is 91.0 Å². The van der Waals surface area contributed by atoms with Gasteiger partial charge in [-0.15, -0.1) is 0 Å². The van der Waals surface area contributed by atoms with Crippen LogP contribution in [0.25, 0.3) is 0 Å². The monoisotopic (exact) mass is 505 g/mol. The Morgan fingerprint density at radius 1 is 0.676 bits per heavy atom. The Bertz CT molecular complexity index is 1190. The van der Waals surface area contributed by atoms with Gasteiger partial charge in [-0.2, -0.15) is 5.06 Å². The van der Waals surface area contributed by atoms with Crippen molar-refractivity contribution in [2.24, 2.45) is 0 Å². The van der Waals surface area contributed by atoms with Gasteiger partial charge in [-0.3, -0.25) is 4.84 Å². The van der Waals surface area contributed by atoms with Crippen molar-refractivity contribution in [3.63, 3.8) is 0 Å². The molecule has 3 aromatic carbocycles. The summed E-state index contributed by atoms with van der Waals surface area (Å²) in [5.41, 5.74) is 0.884. The maximum absolute atomic E-state index is 13.1. The number of hydrogen-bond donors (Lipinski definition) is 0. The Morgan fingerprint density at radius 3 is 1.51 bits per heavy atom. The third-order valence-corrected chi connectivity index (χ3v) is 5.82. The van der Waals surface area contributed by atoms with Crippen LogP contribution >= 0.6 is 0 Å². The van der Waals surface area contributed by atoms with Crippen molar-refractivity contribution >= 4 is 17.9 Å². The SMILES string of the molecule is CON(C)[C@@H]1OC[C@@H](OC(=O)c2ccccc2)[C@H](OC(=O)c2ccccc2)[C@H]1OC(=O)c1ccccc1. The Labute approximate surface area is 214 Å². The first-order chi connectivity index (χ1) is 18.0. The minimum Gasteiger partial charge on any atom is -0.452 e. The first kappa shape index (κ1) is 26.0. The predicted octanol–water partition coefficient (Wildman–Crippen LogP) is 3.51. The Morgan fingerprint density at radius 2 is 1.08 bits per heavy atom. The van der Waals surface area contributed by atoms with E-state index in [2.05, 4.69) is 0 Å². The van der Waals surface area contributed by atoms with Gasteiger partial charge in [0.1, 0.15) is 0 Å². The van der Waals surface area contributed by atoms with E-state index in [1.54, 1.807) is 98.0 Å². The van der Waals surface area contributed by atoms with E-state index in [0.29, 0.717) is 5.56 Å². The van der Waals surface area contributed by atoms with Crippen LogP contribution in [-0.2, 0) is 23.8 Å². The number of likely N-dealkylation sites (N-methyl/N-ethyl adjacent to an activating group) is 1. The van der Waals surface area contributed by atoms with E-state index in [-0.39, 0.29) is 17.7 Å². The second kappa shape index (κ2) is 12.3. The summed E-state index contributed by atoms with van der Waals surface area (Å²) in [6.07, 6.45) is -4.44. The number of benzene rings is 3. The van der Waals surface area contributed by atoms with Crippen molar-refractivity contribution in [2.75, 3.05) is 20.8 Å². The highest BCUT2D eigenvalue weighted by molar-refractivity contribution is 5.91. The lowest BCUT2D eigenvalue weighted by atomic mass is 10.0. The smallest absolute Gasteiger partial charge is 0.338 e. The average Bonchev–Trinajstić information content (AvgIpc) is 2.95. The van der Waals surface area contributed by atoms with Gasteiger partial charge >= 0.3 is 17.9 Å². The average molecular weight is 506 g/mol. The van der Waals surface area contributed by atoms with Crippen LogP contribution in [0.4, 0.5) is 0 Å². The molecule has 9 nitrogen and oxygen atoms in total. The first-order valence-corrected chi connectivity index (χ1v) is 11.6. The van der Waals surface area contributed by atoms with E-state index < -0.39 is 42.4 Å². The molecule has 0 unspecified atom stereocenters. The van der Waals surface area contributed by atoms with Gasteiger partial charge < -0.3 is 18.9 Å². The Hall–Kier alpha value is -4.05. The van der Waals surface area contributed by atoms with Gasteiger partial charge in [0.2, 0.25) is 0 Å². The minimum atomic E-state index is -1.20. The molecule has 1 fully saturated rings. The van der Waals surface area contributed by atoms with Crippen molar-refractivity contribution in [2.45, 2.75) is 24.5 Å². The van der Waals surface area contributed by atoms with Gasteiger partial charge in [0.25, 0.3) is 0 Å². The standard InChI is InChI=1S/C28H27NO8/c1-29(33-2)25-24(37-28(32)21-16-10-5-11-17-21)23(36-27(31)20-14-8-4-9-15-20)22(18-34-25)35-26(30)19-12-6-3-7-13-19/h3-17,22-25H,18H2,1-2H3/t22-,23+,24-,25-/m1/s1.